The zero-order chi connectivity index (χ0) is 18.0. The third kappa shape index (κ3) is 4.25. The minimum absolute atomic E-state index is 0.206. The van der Waals surface area contributed by atoms with Crippen LogP contribution in [0.3, 0.4) is 0 Å². The molecule has 0 bridgehead atoms. The van der Waals surface area contributed by atoms with E-state index >= 15 is 0 Å². The minimum Gasteiger partial charge on any atom is -0.465 e. The summed E-state index contributed by atoms with van der Waals surface area (Å²) < 4.78 is 27.5. The molecule has 2 atom stereocenters. The Labute approximate surface area is 144 Å². The van der Waals surface area contributed by atoms with Crippen LogP contribution < -0.4 is 5.32 Å². The Morgan fingerprint density at radius 3 is 2.68 bits per heavy atom. The first-order chi connectivity index (χ1) is 11.8. The maximum Gasteiger partial charge on any atom is 0.404 e. The van der Waals surface area contributed by atoms with Crippen LogP contribution in [0.2, 0.25) is 0 Å². The Hall–Kier alpha value is -2.22. The predicted molar refractivity (Wildman–Crippen MR) is 86.3 cm³/mol. The summed E-state index contributed by atoms with van der Waals surface area (Å²) >= 11 is 0. The van der Waals surface area contributed by atoms with Crippen LogP contribution in [0.25, 0.3) is 0 Å². The smallest absolute Gasteiger partial charge is 0.404 e. The Balaban J connectivity index is 1.75. The van der Waals surface area contributed by atoms with Crippen LogP contribution in [0.4, 0.5) is 13.6 Å². The molecule has 0 aromatic heterocycles. The van der Waals surface area contributed by atoms with Gasteiger partial charge in [0.1, 0.15) is 0 Å². The summed E-state index contributed by atoms with van der Waals surface area (Å²) in [5.41, 5.74) is 1.05. The second-order valence-corrected chi connectivity index (χ2v) is 6.68. The van der Waals surface area contributed by atoms with Gasteiger partial charge in [-0.05, 0) is 5.56 Å². The van der Waals surface area contributed by atoms with Crippen molar-refractivity contribution in [3.63, 3.8) is 0 Å². The lowest BCUT2D eigenvalue weighted by atomic mass is 10.0. The largest absolute Gasteiger partial charge is 0.465 e. The Morgan fingerprint density at radius 2 is 2.00 bits per heavy atom. The Morgan fingerprint density at radius 1 is 1.28 bits per heavy atom. The number of hydrogen-bond donors (Lipinski definition) is 2. The van der Waals surface area contributed by atoms with E-state index in [1.54, 1.807) is 0 Å². The van der Waals surface area contributed by atoms with Gasteiger partial charge in [-0.3, -0.25) is 9.69 Å². The van der Waals surface area contributed by atoms with E-state index in [-0.39, 0.29) is 12.3 Å². The van der Waals surface area contributed by atoms with Crippen molar-refractivity contribution in [3.05, 3.63) is 35.9 Å². The van der Waals surface area contributed by atoms with Crippen molar-refractivity contribution in [2.75, 3.05) is 19.6 Å². The fourth-order valence-electron chi connectivity index (χ4n) is 3.61. The number of benzene rings is 1. The van der Waals surface area contributed by atoms with Crippen LogP contribution in [0.5, 0.6) is 0 Å². The Bertz CT molecular complexity index is 641. The molecule has 2 aliphatic heterocycles. The molecule has 0 aliphatic carbocycles. The van der Waals surface area contributed by atoms with Crippen LogP contribution in [-0.4, -0.2) is 64.5 Å². The average molecular weight is 353 g/mol. The van der Waals surface area contributed by atoms with Crippen LogP contribution in [0.1, 0.15) is 18.4 Å². The number of rotatable bonds is 4. The van der Waals surface area contributed by atoms with Gasteiger partial charge in [0.05, 0.1) is 18.6 Å². The van der Waals surface area contributed by atoms with Crippen molar-refractivity contribution in [2.45, 2.75) is 37.4 Å². The summed E-state index contributed by atoms with van der Waals surface area (Å²) in [6, 6.07) is 8.45. The monoisotopic (exact) mass is 353 g/mol. The van der Waals surface area contributed by atoms with Gasteiger partial charge in [-0.1, -0.05) is 30.3 Å². The Kier molecular flexibility index (Phi) is 4.89. The summed E-state index contributed by atoms with van der Waals surface area (Å²) in [7, 11) is 0. The maximum absolute atomic E-state index is 13.8. The summed E-state index contributed by atoms with van der Waals surface area (Å²) in [4.78, 5) is 26.4. The molecule has 1 aromatic carbocycles. The zero-order valence-electron chi connectivity index (χ0n) is 13.7. The molecule has 0 spiro atoms. The normalized spacial score (nSPS) is 26.6. The van der Waals surface area contributed by atoms with Gasteiger partial charge in [-0.15, -0.1) is 0 Å². The fourth-order valence-corrected chi connectivity index (χ4v) is 3.61. The quantitative estimate of drug-likeness (QED) is 0.865. The number of likely N-dealkylation sites (tertiary alicyclic amines) is 2. The molecular formula is C17H21F2N3O3. The van der Waals surface area contributed by atoms with Crippen molar-refractivity contribution >= 4 is 12.0 Å². The number of hydrogen-bond acceptors (Lipinski definition) is 3. The third-order valence-corrected chi connectivity index (χ3v) is 4.75. The lowest BCUT2D eigenvalue weighted by molar-refractivity contribution is -0.151. The highest BCUT2D eigenvalue weighted by atomic mass is 19.3. The van der Waals surface area contributed by atoms with Gasteiger partial charge in [-0.2, -0.15) is 0 Å². The number of piperidine rings is 1. The third-order valence-electron chi connectivity index (χ3n) is 4.75. The molecule has 3 rings (SSSR count). The van der Waals surface area contributed by atoms with Gasteiger partial charge < -0.3 is 15.3 Å². The number of alkyl halides is 2. The molecule has 25 heavy (non-hydrogen) atoms. The van der Waals surface area contributed by atoms with Crippen LogP contribution >= 0.6 is 0 Å². The molecular weight excluding hydrogens is 332 g/mol. The molecule has 2 aliphatic rings. The minimum atomic E-state index is -2.92. The summed E-state index contributed by atoms with van der Waals surface area (Å²) in [5.74, 6) is -3.26. The molecule has 2 fully saturated rings. The molecule has 0 radical (unpaired) electrons. The second-order valence-electron chi connectivity index (χ2n) is 6.68. The number of carbonyl (C=O) groups is 2. The van der Waals surface area contributed by atoms with E-state index in [1.165, 1.54) is 0 Å². The highest BCUT2D eigenvalue weighted by molar-refractivity contribution is 5.78. The first-order valence-corrected chi connectivity index (χ1v) is 8.27. The first-order valence-electron chi connectivity index (χ1n) is 8.27. The summed E-state index contributed by atoms with van der Waals surface area (Å²) in [5, 5.41) is 11.4. The summed E-state index contributed by atoms with van der Waals surface area (Å²) in [6.45, 7) is 0.671. The van der Waals surface area contributed by atoms with E-state index in [9.17, 15) is 18.4 Å². The van der Waals surface area contributed by atoms with Gasteiger partial charge in [0.15, 0.2) is 0 Å². The van der Waals surface area contributed by atoms with Crippen LogP contribution in [0, 0.1) is 0 Å². The molecule has 1 aromatic rings. The molecule has 2 heterocycles. The van der Waals surface area contributed by atoms with Gasteiger partial charge >= 0.3 is 6.09 Å². The molecule has 2 saturated heterocycles. The van der Waals surface area contributed by atoms with Crippen molar-refractivity contribution in [1.82, 2.24) is 15.1 Å². The van der Waals surface area contributed by atoms with Crippen LogP contribution in [0.15, 0.2) is 30.3 Å². The van der Waals surface area contributed by atoms with E-state index in [4.69, 9.17) is 5.11 Å². The molecule has 0 unspecified atom stereocenters. The average Bonchev–Trinajstić information content (AvgIpc) is 2.92. The second kappa shape index (κ2) is 6.95. The highest BCUT2D eigenvalue weighted by Crippen LogP contribution is 2.31. The lowest BCUT2D eigenvalue weighted by Gasteiger charge is -2.38. The van der Waals surface area contributed by atoms with Crippen molar-refractivity contribution in [1.29, 1.82) is 0 Å². The van der Waals surface area contributed by atoms with Gasteiger partial charge in [0.2, 0.25) is 5.91 Å². The zero-order valence-corrected chi connectivity index (χ0v) is 13.7. The standard InChI is InChI=1S/C17H21F2N3O3/c18-17(19)7-6-15(23)22(11-17)14-10-21(9-13(14)20-16(24)25)8-12-4-2-1-3-5-12/h1-5,13-14,20H,6-11H2,(H,24,25)/t13-,14-/m0/s1. The summed E-state index contributed by atoms with van der Waals surface area (Å²) in [6.07, 6.45) is -1.87. The van der Waals surface area contributed by atoms with E-state index in [2.05, 4.69) is 5.32 Å². The first kappa shape index (κ1) is 17.6. The molecule has 8 heteroatoms. The number of nitrogens with one attached hydrogen (secondary N) is 1. The number of halogens is 2. The molecule has 2 amide bonds. The van der Waals surface area contributed by atoms with E-state index < -0.39 is 37.1 Å². The van der Waals surface area contributed by atoms with Crippen molar-refractivity contribution in [3.8, 4) is 0 Å². The van der Waals surface area contributed by atoms with Crippen molar-refractivity contribution in [2.24, 2.45) is 0 Å². The molecule has 2 N–H and O–H groups in total. The molecule has 0 saturated carbocycles. The number of nitrogens with zero attached hydrogens (tertiary/aromatic N) is 2. The molecule has 6 nitrogen and oxygen atoms in total. The van der Waals surface area contributed by atoms with Gasteiger partial charge in [0, 0.05) is 32.5 Å². The van der Waals surface area contributed by atoms with Gasteiger partial charge in [-0.25, -0.2) is 13.6 Å². The van der Waals surface area contributed by atoms with Crippen LogP contribution in [-0.2, 0) is 11.3 Å². The predicted octanol–water partition coefficient (Wildman–Crippen LogP) is 1.76. The SMILES string of the molecule is O=C(O)N[C@H]1CN(Cc2ccccc2)C[C@@H]1N1CC(F)(F)CCC1=O. The fraction of sp³-hybridized carbons (Fsp3) is 0.529. The number of carboxylic acid groups (broad SMARTS) is 1. The topological polar surface area (TPSA) is 72.9 Å². The molecule has 136 valence electrons. The van der Waals surface area contributed by atoms with Crippen molar-refractivity contribution < 1.29 is 23.5 Å². The van der Waals surface area contributed by atoms with E-state index in [0.29, 0.717) is 19.6 Å². The highest BCUT2D eigenvalue weighted by Gasteiger charge is 2.46. The van der Waals surface area contributed by atoms with E-state index in [0.717, 1.165) is 10.5 Å². The lowest BCUT2D eigenvalue weighted by Crippen LogP contribution is -2.57. The van der Waals surface area contributed by atoms with E-state index in [1.807, 2.05) is 35.2 Å². The van der Waals surface area contributed by atoms with Gasteiger partial charge in [0.25, 0.3) is 5.92 Å². The number of carbonyl (C=O) groups excluding carboxylic acids is 1. The number of amides is 2. The maximum atomic E-state index is 13.8.